The SMILES string of the molecule is CC(O)(c1ccncc1)c1cn(COCC[Si](C)(C)C)cn1. The molecule has 0 saturated carbocycles. The van der Waals surface area contributed by atoms with Crippen molar-refractivity contribution in [3.05, 3.63) is 48.3 Å². The zero-order chi connectivity index (χ0) is 16.2. The lowest BCUT2D eigenvalue weighted by atomic mass is 9.94. The molecular weight excluding hydrogens is 294 g/mol. The lowest BCUT2D eigenvalue weighted by molar-refractivity contribution is 0.0848. The molecule has 6 heteroatoms. The average molecular weight is 319 g/mol. The van der Waals surface area contributed by atoms with Crippen molar-refractivity contribution in [3.8, 4) is 0 Å². The second-order valence-corrected chi connectivity index (χ2v) is 12.6. The fraction of sp³-hybridized carbons (Fsp3) is 0.500. The maximum atomic E-state index is 10.7. The van der Waals surface area contributed by atoms with E-state index < -0.39 is 13.7 Å². The first-order valence-corrected chi connectivity index (χ1v) is 11.2. The average Bonchev–Trinajstić information content (AvgIpc) is 2.93. The Morgan fingerprint density at radius 3 is 2.59 bits per heavy atom. The predicted molar refractivity (Wildman–Crippen MR) is 89.2 cm³/mol. The zero-order valence-corrected chi connectivity index (χ0v) is 14.8. The summed E-state index contributed by atoms with van der Waals surface area (Å²) >= 11 is 0. The number of aliphatic hydroxyl groups is 1. The summed E-state index contributed by atoms with van der Waals surface area (Å²) in [5.74, 6) is 0. The highest BCUT2D eigenvalue weighted by Gasteiger charge is 2.28. The van der Waals surface area contributed by atoms with E-state index in [0.29, 0.717) is 12.4 Å². The highest BCUT2D eigenvalue weighted by molar-refractivity contribution is 6.76. The van der Waals surface area contributed by atoms with Crippen LogP contribution in [0.5, 0.6) is 0 Å². The third kappa shape index (κ3) is 4.49. The van der Waals surface area contributed by atoms with Gasteiger partial charge in [-0.1, -0.05) is 19.6 Å². The van der Waals surface area contributed by atoms with Gasteiger partial charge in [0.1, 0.15) is 12.3 Å². The van der Waals surface area contributed by atoms with Crippen LogP contribution in [0.25, 0.3) is 0 Å². The lowest BCUT2D eigenvalue weighted by Crippen LogP contribution is -2.23. The highest BCUT2D eigenvalue weighted by atomic mass is 28.3. The van der Waals surface area contributed by atoms with E-state index in [1.54, 1.807) is 37.8 Å². The van der Waals surface area contributed by atoms with Gasteiger partial charge in [0, 0.05) is 33.3 Å². The van der Waals surface area contributed by atoms with Crippen molar-refractivity contribution < 1.29 is 9.84 Å². The molecule has 2 heterocycles. The molecule has 0 aliphatic heterocycles. The Bertz CT molecular complexity index is 591. The summed E-state index contributed by atoms with van der Waals surface area (Å²) in [6.45, 7) is 9.96. The number of hydrogen-bond donors (Lipinski definition) is 1. The second-order valence-electron chi connectivity index (χ2n) is 6.93. The largest absolute Gasteiger partial charge is 0.379 e. The monoisotopic (exact) mass is 319 g/mol. The van der Waals surface area contributed by atoms with Crippen LogP contribution in [-0.4, -0.2) is 34.3 Å². The lowest BCUT2D eigenvalue weighted by Gasteiger charge is -2.21. The maximum absolute atomic E-state index is 10.7. The number of aromatic nitrogens is 3. The van der Waals surface area contributed by atoms with Gasteiger partial charge in [-0.15, -0.1) is 0 Å². The first-order valence-electron chi connectivity index (χ1n) is 7.52. The van der Waals surface area contributed by atoms with Crippen molar-refractivity contribution in [3.63, 3.8) is 0 Å². The van der Waals surface area contributed by atoms with Crippen LogP contribution in [-0.2, 0) is 17.1 Å². The van der Waals surface area contributed by atoms with Crippen LogP contribution in [0.15, 0.2) is 37.1 Å². The summed E-state index contributed by atoms with van der Waals surface area (Å²) in [5.41, 5.74) is 0.242. The third-order valence-corrected chi connectivity index (χ3v) is 5.32. The Labute approximate surface area is 133 Å². The molecule has 0 spiro atoms. The molecule has 2 aromatic rings. The van der Waals surface area contributed by atoms with Crippen molar-refractivity contribution in [2.45, 2.75) is 44.9 Å². The summed E-state index contributed by atoms with van der Waals surface area (Å²) in [4.78, 5) is 8.29. The number of pyridine rings is 1. The topological polar surface area (TPSA) is 60.2 Å². The quantitative estimate of drug-likeness (QED) is 0.630. The third-order valence-electron chi connectivity index (χ3n) is 3.61. The molecule has 22 heavy (non-hydrogen) atoms. The molecule has 5 nitrogen and oxygen atoms in total. The number of rotatable bonds is 7. The van der Waals surface area contributed by atoms with Crippen LogP contribution in [0.1, 0.15) is 18.2 Å². The molecule has 2 rings (SSSR count). The molecule has 1 atom stereocenters. The van der Waals surface area contributed by atoms with Crippen molar-refractivity contribution in [2.24, 2.45) is 0 Å². The number of hydrogen-bond acceptors (Lipinski definition) is 4. The van der Waals surface area contributed by atoms with Crippen LogP contribution in [0.3, 0.4) is 0 Å². The molecule has 0 amide bonds. The van der Waals surface area contributed by atoms with Crippen LogP contribution in [0.4, 0.5) is 0 Å². The van der Waals surface area contributed by atoms with Gasteiger partial charge in [-0.05, 0) is 30.7 Å². The molecule has 0 aliphatic carbocycles. The second kappa shape index (κ2) is 6.72. The fourth-order valence-corrected chi connectivity index (χ4v) is 2.81. The summed E-state index contributed by atoms with van der Waals surface area (Å²) in [6, 6.07) is 4.73. The molecule has 2 aromatic heterocycles. The van der Waals surface area contributed by atoms with Crippen LogP contribution in [0, 0.1) is 0 Å². The van der Waals surface area contributed by atoms with E-state index in [1.165, 1.54) is 0 Å². The first-order chi connectivity index (χ1) is 10.3. The normalized spacial score (nSPS) is 14.8. The van der Waals surface area contributed by atoms with Gasteiger partial charge in [0.15, 0.2) is 0 Å². The maximum Gasteiger partial charge on any atom is 0.130 e. The summed E-state index contributed by atoms with van der Waals surface area (Å²) < 4.78 is 7.55. The van der Waals surface area contributed by atoms with E-state index >= 15 is 0 Å². The van der Waals surface area contributed by atoms with Crippen LogP contribution in [0.2, 0.25) is 25.7 Å². The van der Waals surface area contributed by atoms with E-state index in [-0.39, 0.29) is 0 Å². The van der Waals surface area contributed by atoms with Gasteiger partial charge in [-0.25, -0.2) is 4.98 Å². The molecule has 0 aromatic carbocycles. The molecule has 0 saturated heterocycles. The standard InChI is InChI=1S/C16H25N3O2Si/c1-16(20,14-5-7-17-8-6-14)15-11-19(12-18-15)13-21-9-10-22(2,3)4/h5-8,11-12,20H,9-10,13H2,1-4H3. The molecule has 120 valence electrons. The van der Waals surface area contributed by atoms with Gasteiger partial charge in [0.05, 0.1) is 12.0 Å². The number of imidazole rings is 1. The molecular formula is C16H25N3O2Si. The van der Waals surface area contributed by atoms with Gasteiger partial charge in [0.2, 0.25) is 0 Å². The van der Waals surface area contributed by atoms with E-state index in [1.807, 2.05) is 10.8 Å². The number of ether oxygens (including phenoxy) is 1. The van der Waals surface area contributed by atoms with E-state index in [9.17, 15) is 5.11 Å². The Morgan fingerprint density at radius 2 is 1.95 bits per heavy atom. The summed E-state index contributed by atoms with van der Waals surface area (Å²) in [7, 11) is -1.06. The fourth-order valence-electron chi connectivity index (χ4n) is 2.05. The van der Waals surface area contributed by atoms with Crippen molar-refractivity contribution in [1.82, 2.24) is 14.5 Å². The van der Waals surface area contributed by atoms with E-state index in [4.69, 9.17) is 4.74 Å². The molecule has 0 bridgehead atoms. The Morgan fingerprint density at radius 1 is 1.27 bits per heavy atom. The van der Waals surface area contributed by atoms with Gasteiger partial charge in [0.25, 0.3) is 0 Å². The minimum absolute atomic E-state index is 0.462. The Balaban J connectivity index is 1.96. The molecule has 0 radical (unpaired) electrons. The zero-order valence-electron chi connectivity index (χ0n) is 13.8. The van der Waals surface area contributed by atoms with Gasteiger partial charge in [-0.2, -0.15) is 0 Å². The predicted octanol–water partition coefficient (Wildman–Crippen LogP) is 2.85. The van der Waals surface area contributed by atoms with Crippen molar-refractivity contribution in [1.29, 1.82) is 0 Å². The van der Waals surface area contributed by atoms with Gasteiger partial charge < -0.3 is 14.4 Å². The Kier molecular flexibility index (Phi) is 5.15. The van der Waals surface area contributed by atoms with Crippen molar-refractivity contribution in [2.75, 3.05) is 6.61 Å². The number of nitrogens with zero attached hydrogens (tertiary/aromatic N) is 3. The van der Waals surface area contributed by atoms with Gasteiger partial charge in [-0.3, -0.25) is 4.98 Å². The van der Waals surface area contributed by atoms with Gasteiger partial charge >= 0.3 is 0 Å². The highest BCUT2D eigenvalue weighted by Crippen LogP contribution is 2.26. The smallest absolute Gasteiger partial charge is 0.130 e. The Hall–Kier alpha value is -1.50. The molecule has 1 unspecified atom stereocenters. The van der Waals surface area contributed by atoms with Crippen LogP contribution >= 0.6 is 0 Å². The molecule has 0 fully saturated rings. The van der Waals surface area contributed by atoms with Crippen LogP contribution < -0.4 is 0 Å². The minimum Gasteiger partial charge on any atom is -0.379 e. The molecule has 1 N–H and O–H groups in total. The summed E-state index contributed by atoms with van der Waals surface area (Å²) in [6.07, 6.45) is 6.86. The molecule has 0 aliphatic rings. The van der Waals surface area contributed by atoms with E-state index in [2.05, 4.69) is 29.6 Å². The van der Waals surface area contributed by atoms with Crippen molar-refractivity contribution >= 4 is 8.07 Å². The first kappa shape index (κ1) is 16.9. The minimum atomic E-state index is -1.13. The summed E-state index contributed by atoms with van der Waals surface area (Å²) in [5, 5.41) is 10.7. The van der Waals surface area contributed by atoms with E-state index in [0.717, 1.165) is 18.2 Å².